The van der Waals surface area contributed by atoms with Crippen molar-refractivity contribution >= 4 is 17.5 Å². The zero-order chi connectivity index (χ0) is 18.6. The molecule has 0 aliphatic heterocycles. The van der Waals surface area contributed by atoms with Crippen LogP contribution >= 0.6 is 0 Å². The van der Waals surface area contributed by atoms with Crippen molar-refractivity contribution < 1.29 is 9.59 Å². The summed E-state index contributed by atoms with van der Waals surface area (Å²) in [6, 6.07) is 13.7. The van der Waals surface area contributed by atoms with Crippen LogP contribution in [0.3, 0.4) is 0 Å². The number of aryl methyl sites for hydroxylation is 3. The highest BCUT2D eigenvalue weighted by Crippen LogP contribution is 2.21. The Kier molecular flexibility index (Phi) is 5.62. The number of hydrogen-bond donors (Lipinski definition) is 2. The van der Waals surface area contributed by atoms with Gasteiger partial charge >= 0.3 is 0 Å². The minimum absolute atomic E-state index is 0.294. The number of nitrogens with one attached hydrogen (secondary N) is 2. The van der Waals surface area contributed by atoms with Gasteiger partial charge in [0.15, 0.2) is 0 Å². The molecule has 25 heavy (non-hydrogen) atoms. The van der Waals surface area contributed by atoms with E-state index in [4.69, 9.17) is 0 Å². The van der Waals surface area contributed by atoms with Crippen molar-refractivity contribution in [2.75, 3.05) is 5.32 Å². The number of anilines is 1. The average Bonchev–Trinajstić information content (AvgIpc) is 2.52. The molecule has 2 aromatic rings. The quantitative estimate of drug-likeness (QED) is 0.813. The predicted octanol–water partition coefficient (Wildman–Crippen LogP) is 3.89. The lowest BCUT2D eigenvalue weighted by Gasteiger charge is -2.23. The van der Waals surface area contributed by atoms with Crippen LogP contribution in [-0.2, 0) is 16.1 Å². The lowest BCUT2D eigenvalue weighted by atomic mass is 9.90. The standard InChI is InChI=1S/C21H26N2O2/c1-14-10-15(2)12-18(11-14)23-20(25)21(4,5)19(24)22-13-17-9-7-6-8-16(17)3/h6-12H,13H2,1-5H3,(H,22,24)(H,23,25). The molecular formula is C21H26N2O2. The molecule has 0 saturated heterocycles. The summed E-state index contributed by atoms with van der Waals surface area (Å²) in [5, 5.41) is 5.72. The Morgan fingerprint density at radius 1 is 0.920 bits per heavy atom. The zero-order valence-electron chi connectivity index (χ0n) is 15.6. The molecule has 2 aromatic carbocycles. The summed E-state index contributed by atoms with van der Waals surface area (Å²) in [6.45, 7) is 9.63. The van der Waals surface area contributed by atoms with E-state index in [2.05, 4.69) is 10.6 Å². The van der Waals surface area contributed by atoms with Crippen LogP contribution in [0.2, 0.25) is 0 Å². The van der Waals surface area contributed by atoms with Gasteiger partial charge in [0.1, 0.15) is 5.41 Å². The van der Waals surface area contributed by atoms with Crippen molar-refractivity contribution in [3.8, 4) is 0 Å². The summed E-state index contributed by atoms with van der Waals surface area (Å²) in [7, 11) is 0. The third-order valence-corrected chi connectivity index (χ3v) is 4.32. The molecule has 0 aromatic heterocycles. The van der Waals surface area contributed by atoms with Gasteiger partial charge in [-0.1, -0.05) is 30.3 Å². The van der Waals surface area contributed by atoms with E-state index in [9.17, 15) is 9.59 Å². The molecule has 2 amide bonds. The van der Waals surface area contributed by atoms with Crippen LogP contribution in [0.1, 0.15) is 36.1 Å². The molecule has 132 valence electrons. The van der Waals surface area contributed by atoms with Gasteiger partial charge in [0.05, 0.1) is 0 Å². The number of hydrogen-bond acceptors (Lipinski definition) is 2. The summed E-state index contributed by atoms with van der Waals surface area (Å²) in [4.78, 5) is 25.1. The van der Waals surface area contributed by atoms with E-state index >= 15 is 0 Å². The Hall–Kier alpha value is -2.62. The normalized spacial score (nSPS) is 11.1. The van der Waals surface area contributed by atoms with Crippen molar-refractivity contribution in [3.05, 3.63) is 64.7 Å². The molecule has 0 aliphatic rings. The van der Waals surface area contributed by atoms with E-state index in [-0.39, 0.29) is 11.8 Å². The number of rotatable bonds is 5. The van der Waals surface area contributed by atoms with Gasteiger partial charge in [-0.2, -0.15) is 0 Å². The first-order valence-electron chi connectivity index (χ1n) is 8.42. The zero-order valence-corrected chi connectivity index (χ0v) is 15.6. The first-order valence-corrected chi connectivity index (χ1v) is 8.42. The van der Waals surface area contributed by atoms with E-state index < -0.39 is 5.41 Å². The summed E-state index contributed by atoms with van der Waals surface area (Å²) in [5.41, 5.74) is 3.83. The molecule has 0 unspecified atom stereocenters. The Labute approximate surface area is 149 Å². The highest BCUT2D eigenvalue weighted by atomic mass is 16.2. The minimum atomic E-state index is -1.17. The minimum Gasteiger partial charge on any atom is -0.351 e. The van der Waals surface area contributed by atoms with E-state index in [0.717, 1.165) is 22.3 Å². The van der Waals surface area contributed by atoms with Crippen molar-refractivity contribution in [3.63, 3.8) is 0 Å². The maximum Gasteiger partial charge on any atom is 0.239 e. The molecule has 2 N–H and O–H groups in total. The Balaban J connectivity index is 2.04. The van der Waals surface area contributed by atoms with Crippen LogP contribution < -0.4 is 10.6 Å². The number of benzene rings is 2. The number of carbonyl (C=O) groups excluding carboxylic acids is 2. The largest absolute Gasteiger partial charge is 0.351 e. The Morgan fingerprint density at radius 3 is 2.12 bits per heavy atom. The molecule has 4 heteroatoms. The van der Waals surface area contributed by atoms with E-state index in [0.29, 0.717) is 12.2 Å². The molecule has 2 rings (SSSR count). The van der Waals surface area contributed by atoms with Crippen molar-refractivity contribution in [1.82, 2.24) is 5.32 Å². The smallest absolute Gasteiger partial charge is 0.239 e. The van der Waals surface area contributed by atoms with E-state index in [1.54, 1.807) is 13.8 Å². The molecule has 0 fully saturated rings. The SMILES string of the molecule is Cc1cc(C)cc(NC(=O)C(C)(C)C(=O)NCc2ccccc2C)c1. The van der Waals surface area contributed by atoms with Gasteiger partial charge in [-0.3, -0.25) is 9.59 Å². The van der Waals surface area contributed by atoms with Crippen LogP contribution in [0.4, 0.5) is 5.69 Å². The van der Waals surface area contributed by atoms with Gasteiger partial charge in [0, 0.05) is 12.2 Å². The van der Waals surface area contributed by atoms with Gasteiger partial charge in [0.25, 0.3) is 0 Å². The predicted molar refractivity (Wildman–Crippen MR) is 101 cm³/mol. The molecule has 0 atom stereocenters. The molecule has 4 nitrogen and oxygen atoms in total. The van der Waals surface area contributed by atoms with Crippen LogP contribution in [-0.4, -0.2) is 11.8 Å². The summed E-state index contributed by atoms with van der Waals surface area (Å²) >= 11 is 0. The van der Waals surface area contributed by atoms with Crippen molar-refractivity contribution in [2.45, 2.75) is 41.2 Å². The number of amides is 2. The molecule has 0 heterocycles. The lowest BCUT2D eigenvalue weighted by Crippen LogP contribution is -2.45. The van der Waals surface area contributed by atoms with Crippen LogP contribution in [0.5, 0.6) is 0 Å². The first kappa shape index (κ1) is 18.7. The fraction of sp³-hybridized carbons (Fsp3) is 0.333. The third kappa shape index (κ3) is 4.69. The second-order valence-electron chi connectivity index (χ2n) is 7.06. The summed E-state index contributed by atoms with van der Waals surface area (Å²) < 4.78 is 0. The Morgan fingerprint density at radius 2 is 1.52 bits per heavy atom. The maximum atomic E-state index is 12.6. The highest BCUT2D eigenvalue weighted by molar-refractivity contribution is 6.09. The molecule has 0 radical (unpaired) electrons. The second-order valence-corrected chi connectivity index (χ2v) is 7.06. The van der Waals surface area contributed by atoms with Crippen LogP contribution in [0.15, 0.2) is 42.5 Å². The van der Waals surface area contributed by atoms with E-state index in [1.807, 2.05) is 63.2 Å². The monoisotopic (exact) mass is 338 g/mol. The van der Waals surface area contributed by atoms with Gasteiger partial charge in [-0.25, -0.2) is 0 Å². The summed E-state index contributed by atoms with van der Waals surface area (Å²) in [5.74, 6) is -0.614. The number of carbonyl (C=O) groups is 2. The van der Waals surface area contributed by atoms with Crippen molar-refractivity contribution in [1.29, 1.82) is 0 Å². The first-order chi connectivity index (χ1) is 11.7. The van der Waals surface area contributed by atoms with Gasteiger partial charge < -0.3 is 10.6 Å². The van der Waals surface area contributed by atoms with Crippen LogP contribution in [0.25, 0.3) is 0 Å². The molecule has 0 bridgehead atoms. The highest BCUT2D eigenvalue weighted by Gasteiger charge is 2.36. The fourth-order valence-electron chi connectivity index (χ4n) is 2.64. The van der Waals surface area contributed by atoms with E-state index in [1.165, 1.54) is 0 Å². The lowest BCUT2D eigenvalue weighted by molar-refractivity contribution is -0.138. The molecule has 0 aliphatic carbocycles. The second kappa shape index (κ2) is 7.51. The van der Waals surface area contributed by atoms with Crippen molar-refractivity contribution in [2.24, 2.45) is 5.41 Å². The Bertz CT molecular complexity index is 774. The topological polar surface area (TPSA) is 58.2 Å². The molecule has 0 spiro atoms. The third-order valence-electron chi connectivity index (χ3n) is 4.32. The average molecular weight is 338 g/mol. The summed E-state index contributed by atoms with van der Waals surface area (Å²) in [6.07, 6.45) is 0. The van der Waals surface area contributed by atoms with Gasteiger partial charge in [-0.05, 0) is 69.0 Å². The molecule has 0 saturated carbocycles. The van der Waals surface area contributed by atoms with Gasteiger partial charge in [-0.15, -0.1) is 0 Å². The fourth-order valence-corrected chi connectivity index (χ4v) is 2.64. The van der Waals surface area contributed by atoms with Gasteiger partial charge in [0.2, 0.25) is 11.8 Å². The maximum absolute atomic E-state index is 12.6. The molecular weight excluding hydrogens is 312 g/mol. The van der Waals surface area contributed by atoms with Crippen LogP contribution in [0, 0.1) is 26.2 Å².